The minimum absolute atomic E-state index is 0.146. The van der Waals surface area contributed by atoms with Crippen LogP contribution < -0.4 is 0 Å². The number of carbonyl (C=O) groups is 3. The van der Waals surface area contributed by atoms with Crippen molar-refractivity contribution >= 4 is 17.7 Å². The molecule has 0 radical (unpaired) electrons. The van der Waals surface area contributed by atoms with E-state index in [2.05, 4.69) is 19.9 Å². The van der Waals surface area contributed by atoms with Crippen molar-refractivity contribution in [3.05, 3.63) is 24.3 Å². The molecule has 0 fully saturated rings. The topological polar surface area (TPSA) is 89.9 Å². The molecule has 0 rings (SSSR count). The zero-order valence-corrected chi connectivity index (χ0v) is 25.8. The molecule has 232 valence electrons. The van der Waals surface area contributed by atoms with Crippen molar-refractivity contribution in [3.63, 3.8) is 0 Å². The van der Waals surface area contributed by atoms with Crippen LogP contribution in [0.3, 0.4) is 0 Å². The molecule has 0 bridgehead atoms. The van der Waals surface area contributed by atoms with Crippen LogP contribution in [0.25, 0.3) is 0 Å². The summed E-state index contributed by atoms with van der Waals surface area (Å²) in [5, 5.41) is 9.93. The van der Waals surface area contributed by atoms with Gasteiger partial charge in [-0.1, -0.05) is 122 Å². The molecule has 40 heavy (non-hydrogen) atoms. The van der Waals surface area contributed by atoms with Crippen molar-refractivity contribution in [2.45, 2.75) is 161 Å². The highest BCUT2D eigenvalue weighted by Crippen LogP contribution is 2.12. The average molecular weight is 565 g/mol. The molecule has 1 atom stereocenters. The van der Waals surface area contributed by atoms with E-state index in [0.717, 1.165) is 57.8 Å². The Kier molecular flexibility index (Phi) is 28.6. The van der Waals surface area contributed by atoms with Gasteiger partial charge in [0.05, 0.1) is 0 Å². The molecule has 6 nitrogen and oxygen atoms in total. The van der Waals surface area contributed by atoms with Gasteiger partial charge in [-0.05, 0) is 38.2 Å². The van der Waals surface area contributed by atoms with Crippen LogP contribution in [0, 0.1) is 0 Å². The molecule has 0 saturated carbocycles. The second-order valence-electron chi connectivity index (χ2n) is 11.0. The maximum atomic E-state index is 11.9. The molecular formula is C34H60O6. The van der Waals surface area contributed by atoms with E-state index in [4.69, 9.17) is 9.47 Å². The second kappa shape index (κ2) is 30.0. The second-order valence-corrected chi connectivity index (χ2v) is 11.0. The summed E-state index contributed by atoms with van der Waals surface area (Å²) in [5.41, 5.74) is 0. The van der Waals surface area contributed by atoms with Crippen LogP contribution in [0.2, 0.25) is 0 Å². The van der Waals surface area contributed by atoms with Crippen molar-refractivity contribution in [3.8, 4) is 0 Å². The zero-order chi connectivity index (χ0) is 29.5. The van der Waals surface area contributed by atoms with E-state index in [-0.39, 0.29) is 30.9 Å². The predicted octanol–water partition coefficient (Wildman–Crippen LogP) is 8.74. The molecule has 1 N–H and O–H groups in total. The Morgan fingerprint density at radius 1 is 0.575 bits per heavy atom. The van der Waals surface area contributed by atoms with Gasteiger partial charge in [0, 0.05) is 19.3 Å². The first-order chi connectivity index (χ1) is 19.5. The number of ketones is 1. The summed E-state index contributed by atoms with van der Waals surface area (Å²) in [6.07, 6.45) is 29.0. The van der Waals surface area contributed by atoms with E-state index in [1.54, 1.807) is 6.08 Å². The molecule has 0 spiro atoms. The van der Waals surface area contributed by atoms with Gasteiger partial charge in [0.2, 0.25) is 0 Å². The van der Waals surface area contributed by atoms with Gasteiger partial charge in [-0.3, -0.25) is 14.4 Å². The Morgan fingerprint density at radius 2 is 1.00 bits per heavy atom. The summed E-state index contributed by atoms with van der Waals surface area (Å²) in [5.74, 6) is -0.499. The Hall–Kier alpha value is -1.95. The maximum Gasteiger partial charge on any atom is 0.305 e. The predicted molar refractivity (Wildman–Crippen MR) is 164 cm³/mol. The van der Waals surface area contributed by atoms with Crippen LogP contribution in [0.4, 0.5) is 0 Å². The normalized spacial score (nSPS) is 12.3. The smallest absolute Gasteiger partial charge is 0.305 e. The Morgan fingerprint density at radius 3 is 1.50 bits per heavy atom. The van der Waals surface area contributed by atoms with E-state index in [9.17, 15) is 19.5 Å². The summed E-state index contributed by atoms with van der Waals surface area (Å²) < 4.78 is 10.2. The Bertz CT molecular complexity index is 669. The number of allylic oxidation sites excluding steroid dienone is 4. The highest BCUT2D eigenvalue weighted by atomic mass is 16.6. The third kappa shape index (κ3) is 29.0. The Balaban J connectivity index is 3.56. The lowest BCUT2D eigenvalue weighted by molar-refractivity contribution is -0.152. The van der Waals surface area contributed by atoms with E-state index < -0.39 is 6.10 Å². The number of carbonyl (C=O) groups excluding carboxylic acids is 3. The summed E-state index contributed by atoms with van der Waals surface area (Å²) in [6.45, 7) is 4.11. The van der Waals surface area contributed by atoms with Crippen molar-refractivity contribution in [1.29, 1.82) is 0 Å². The lowest BCUT2D eigenvalue weighted by atomic mass is 10.1. The number of hydrogen-bond acceptors (Lipinski definition) is 6. The van der Waals surface area contributed by atoms with Gasteiger partial charge < -0.3 is 14.6 Å². The molecule has 0 aromatic carbocycles. The lowest BCUT2D eigenvalue weighted by Gasteiger charge is -2.12. The number of aliphatic hydroxyl groups is 1. The SMILES string of the molecule is CCCCC/C=C\C=C\C(=O)CCCCCCCC(=O)OC[C@@H](O)COC(=O)CCCCCCCCCCCC. The van der Waals surface area contributed by atoms with Crippen LogP contribution in [0.15, 0.2) is 24.3 Å². The van der Waals surface area contributed by atoms with Gasteiger partial charge in [-0.2, -0.15) is 0 Å². The van der Waals surface area contributed by atoms with E-state index >= 15 is 0 Å². The molecule has 0 aliphatic rings. The number of unbranched alkanes of at least 4 members (excludes halogenated alkanes) is 16. The van der Waals surface area contributed by atoms with E-state index in [0.29, 0.717) is 19.3 Å². The van der Waals surface area contributed by atoms with Gasteiger partial charge in [0.1, 0.15) is 19.3 Å². The van der Waals surface area contributed by atoms with Crippen molar-refractivity contribution < 1.29 is 29.0 Å². The standard InChI is InChI=1S/C34H60O6/c1-3-5-7-9-11-12-13-15-19-23-27-33(37)39-29-32(36)30-40-34(38)28-24-20-16-18-22-26-31(35)25-21-17-14-10-8-6-4-2/h14,17,21,25,32,36H,3-13,15-16,18-20,22-24,26-30H2,1-2H3/b17-14-,25-21+/t32-/m0/s1. The van der Waals surface area contributed by atoms with Crippen molar-refractivity contribution in [1.82, 2.24) is 0 Å². The van der Waals surface area contributed by atoms with Crippen LogP contribution in [-0.4, -0.2) is 42.1 Å². The Labute approximate surface area is 245 Å². The van der Waals surface area contributed by atoms with E-state index in [1.807, 2.05) is 12.2 Å². The first-order valence-electron chi connectivity index (χ1n) is 16.3. The molecular weight excluding hydrogens is 504 g/mol. The number of esters is 2. The third-order valence-electron chi connectivity index (χ3n) is 6.92. The maximum absolute atomic E-state index is 11.9. The molecule has 0 aliphatic heterocycles. The molecule has 0 aromatic heterocycles. The fourth-order valence-corrected chi connectivity index (χ4v) is 4.36. The minimum atomic E-state index is -0.997. The average Bonchev–Trinajstić information content (AvgIpc) is 2.94. The first kappa shape index (κ1) is 38.0. The van der Waals surface area contributed by atoms with Gasteiger partial charge in [0.25, 0.3) is 0 Å². The van der Waals surface area contributed by atoms with Gasteiger partial charge in [0.15, 0.2) is 5.78 Å². The first-order valence-corrected chi connectivity index (χ1v) is 16.3. The third-order valence-corrected chi connectivity index (χ3v) is 6.92. The molecule has 0 amide bonds. The monoisotopic (exact) mass is 564 g/mol. The summed E-state index contributed by atoms with van der Waals surface area (Å²) >= 11 is 0. The molecule has 6 heteroatoms. The number of aliphatic hydroxyl groups excluding tert-OH is 1. The molecule has 0 aliphatic carbocycles. The summed E-state index contributed by atoms with van der Waals surface area (Å²) in [7, 11) is 0. The minimum Gasteiger partial charge on any atom is -0.463 e. The van der Waals surface area contributed by atoms with Crippen LogP contribution in [0.1, 0.15) is 155 Å². The van der Waals surface area contributed by atoms with Crippen LogP contribution in [-0.2, 0) is 23.9 Å². The molecule has 0 heterocycles. The largest absolute Gasteiger partial charge is 0.463 e. The number of rotatable bonds is 29. The summed E-state index contributed by atoms with van der Waals surface area (Å²) in [4.78, 5) is 35.6. The molecule has 0 saturated heterocycles. The van der Waals surface area contributed by atoms with Crippen LogP contribution >= 0.6 is 0 Å². The van der Waals surface area contributed by atoms with Crippen molar-refractivity contribution in [2.24, 2.45) is 0 Å². The molecule has 0 unspecified atom stereocenters. The van der Waals surface area contributed by atoms with Crippen LogP contribution in [0.5, 0.6) is 0 Å². The fourth-order valence-electron chi connectivity index (χ4n) is 4.36. The zero-order valence-electron chi connectivity index (χ0n) is 25.8. The molecule has 0 aromatic rings. The van der Waals surface area contributed by atoms with Gasteiger partial charge in [-0.25, -0.2) is 0 Å². The van der Waals surface area contributed by atoms with Gasteiger partial charge >= 0.3 is 11.9 Å². The highest BCUT2D eigenvalue weighted by Gasteiger charge is 2.12. The number of ether oxygens (including phenoxy) is 2. The highest BCUT2D eigenvalue weighted by molar-refractivity contribution is 5.89. The fraction of sp³-hybridized carbons (Fsp3) is 0.794. The van der Waals surface area contributed by atoms with E-state index in [1.165, 1.54) is 64.2 Å². The van der Waals surface area contributed by atoms with Crippen molar-refractivity contribution in [2.75, 3.05) is 13.2 Å². The summed E-state index contributed by atoms with van der Waals surface area (Å²) in [6, 6.07) is 0. The lowest BCUT2D eigenvalue weighted by Crippen LogP contribution is -2.25. The van der Waals surface area contributed by atoms with Gasteiger partial charge in [-0.15, -0.1) is 0 Å². The number of hydrogen-bond donors (Lipinski definition) is 1. The quantitative estimate of drug-likeness (QED) is 0.0423.